The number of H-pyrrole nitrogens is 1. The van der Waals surface area contributed by atoms with E-state index in [0.29, 0.717) is 11.0 Å². The highest BCUT2D eigenvalue weighted by Crippen LogP contribution is 2.29. The number of nitrogens with two attached hydrogens (primary N) is 1. The molecule has 2 aromatic rings. The summed E-state index contributed by atoms with van der Waals surface area (Å²) >= 11 is 0. The maximum Gasteiger partial charge on any atom is 0.263 e. The van der Waals surface area contributed by atoms with Gasteiger partial charge in [0, 0.05) is 0 Å². The van der Waals surface area contributed by atoms with E-state index in [1.807, 2.05) is 0 Å². The molecule has 0 spiro atoms. The third-order valence-corrected chi connectivity index (χ3v) is 3.04. The normalized spacial score (nSPS) is 23.8. The second-order valence-electron chi connectivity index (χ2n) is 4.25. The zero-order chi connectivity index (χ0) is 12.7. The van der Waals surface area contributed by atoms with Crippen molar-refractivity contribution in [3.8, 4) is 0 Å². The Balaban J connectivity index is 2.05. The Kier molecular flexibility index (Phi) is 2.53. The summed E-state index contributed by atoms with van der Waals surface area (Å²) in [4.78, 5) is 18.1. The molecule has 1 aliphatic rings. The SMILES string of the molecule is Nc1nc2c(cnn2C2CCC(CO)O2)c(=O)[nH]1. The fourth-order valence-electron chi connectivity index (χ4n) is 2.16. The summed E-state index contributed by atoms with van der Waals surface area (Å²) in [7, 11) is 0. The molecule has 4 N–H and O–H groups in total. The van der Waals surface area contributed by atoms with Crippen molar-refractivity contribution in [2.75, 3.05) is 12.3 Å². The number of rotatable bonds is 2. The van der Waals surface area contributed by atoms with Crippen LogP contribution in [0.4, 0.5) is 5.95 Å². The average Bonchev–Trinajstić information content (AvgIpc) is 2.93. The number of nitrogens with one attached hydrogen (secondary N) is 1. The number of aromatic amines is 1. The molecular weight excluding hydrogens is 238 g/mol. The van der Waals surface area contributed by atoms with Crippen molar-refractivity contribution in [3.63, 3.8) is 0 Å². The summed E-state index contributed by atoms with van der Waals surface area (Å²) in [6.45, 7) is -0.0220. The highest BCUT2D eigenvalue weighted by molar-refractivity contribution is 5.74. The van der Waals surface area contributed by atoms with Gasteiger partial charge in [0.25, 0.3) is 5.56 Å². The van der Waals surface area contributed by atoms with Gasteiger partial charge in [-0.1, -0.05) is 0 Å². The predicted octanol–water partition coefficient (Wildman–Crippen LogP) is -0.628. The molecule has 96 valence electrons. The van der Waals surface area contributed by atoms with E-state index in [0.717, 1.165) is 12.8 Å². The lowest BCUT2D eigenvalue weighted by Gasteiger charge is -2.12. The number of nitrogen functional groups attached to an aromatic ring is 1. The molecule has 0 aliphatic carbocycles. The number of anilines is 1. The van der Waals surface area contributed by atoms with Gasteiger partial charge < -0.3 is 15.6 Å². The van der Waals surface area contributed by atoms with Crippen molar-refractivity contribution < 1.29 is 9.84 Å². The molecular formula is C10H13N5O3. The van der Waals surface area contributed by atoms with Crippen LogP contribution in [-0.4, -0.2) is 37.6 Å². The second-order valence-corrected chi connectivity index (χ2v) is 4.25. The van der Waals surface area contributed by atoms with Crippen LogP contribution in [-0.2, 0) is 4.74 Å². The monoisotopic (exact) mass is 251 g/mol. The van der Waals surface area contributed by atoms with Crippen LogP contribution >= 0.6 is 0 Å². The Labute approximate surface area is 101 Å². The molecule has 1 aliphatic heterocycles. The lowest BCUT2D eigenvalue weighted by atomic mass is 10.2. The van der Waals surface area contributed by atoms with Crippen molar-refractivity contribution in [2.24, 2.45) is 0 Å². The van der Waals surface area contributed by atoms with Gasteiger partial charge in [0.15, 0.2) is 11.9 Å². The van der Waals surface area contributed by atoms with Gasteiger partial charge in [0.05, 0.1) is 18.9 Å². The van der Waals surface area contributed by atoms with E-state index in [1.54, 1.807) is 0 Å². The van der Waals surface area contributed by atoms with Crippen molar-refractivity contribution in [3.05, 3.63) is 16.6 Å². The lowest BCUT2D eigenvalue weighted by molar-refractivity contribution is -0.0262. The second kappa shape index (κ2) is 4.07. The van der Waals surface area contributed by atoms with Gasteiger partial charge in [0.2, 0.25) is 5.95 Å². The molecule has 0 bridgehead atoms. The molecule has 2 atom stereocenters. The van der Waals surface area contributed by atoms with Gasteiger partial charge >= 0.3 is 0 Å². The summed E-state index contributed by atoms with van der Waals surface area (Å²) in [5.74, 6) is 0.0472. The van der Waals surface area contributed by atoms with Gasteiger partial charge in [-0.25, -0.2) is 4.68 Å². The fourth-order valence-corrected chi connectivity index (χ4v) is 2.16. The predicted molar refractivity (Wildman–Crippen MR) is 62.8 cm³/mol. The molecule has 8 nitrogen and oxygen atoms in total. The summed E-state index contributed by atoms with van der Waals surface area (Å²) in [6.07, 6.45) is 2.41. The van der Waals surface area contributed by atoms with Crippen molar-refractivity contribution >= 4 is 17.0 Å². The summed E-state index contributed by atoms with van der Waals surface area (Å²) in [6, 6.07) is 0. The van der Waals surface area contributed by atoms with E-state index in [-0.39, 0.29) is 30.4 Å². The minimum atomic E-state index is -0.319. The Morgan fingerprint density at radius 3 is 3.17 bits per heavy atom. The van der Waals surface area contributed by atoms with Crippen LogP contribution in [0.25, 0.3) is 11.0 Å². The topological polar surface area (TPSA) is 119 Å². The molecule has 0 saturated carbocycles. The fraction of sp³-hybridized carbons (Fsp3) is 0.500. The number of hydrogen-bond donors (Lipinski definition) is 3. The molecule has 1 fully saturated rings. The number of ether oxygens (including phenoxy) is 1. The van der Waals surface area contributed by atoms with Crippen molar-refractivity contribution in [2.45, 2.75) is 25.2 Å². The van der Waals surface area contributed by atoms with E-state index < -0.39 is 0 Å². The number of nitrogens with zero attached hydrogens (tertiary/aromatic N) is 3. The van der Waals surface area contributed by atoms with E-state index in [1.165, 1.54) is 10.9 Å². The molecule has 3 rings (SSSR count). The molecule has 2 aromatic heterocycles. The molecule has 1 saturated heterocycles. The summed E-state index contributed by atoms with van der Waals surface area (Å²) < 4.78 is 7.14. The first-order valence-electron chi connectivity index (χ1n) is 5.68. The first-order chi connectivity index (χ1) is 8.69. The zero-order valence-corrected chi connectivity index (χ0v) is 9.54. The molecule has 0 radical (unpaired) electrons. The highest BCUT2D eigenvalue weighted by Gasteiger charge is 2.28. The Bertz CT molecular complexity index is 634. The number of aromatic nitrogens is 4. The molecule has 0 aromatic carbocycles. The minimum absolute atomic E-state index is 0.0220. The third-order valence-electron chi connectivity index (χ3n) is 3.04. The van der Waals surface area contributed by atoms with E-state index in [9.17, 15) is 4.79 Å². The van der Waals surface area contributed by atoms with Crippen LogP contribution in [0.5, 0.6) is 0 Å². The number of aliphatic hydroxyl groups excluding tert-OH is 1. The molecule has 8 heteroatoms. The number of fused-ring (bicyclic) bond motifs is 1. The summed E-state index contributed by atoms with van der Waals surface area (Å²) in [5.41, 5.74) is 5.60. The van der Waals surface area contributed by atoms with Gasteiger partial charge in [-0.3, -0.25) is 9.78 Å². The average molecular weight is 251 g/mol. The first kappa shape index (κ1) is 11.2. The van der Waals surface area contributed by atoms with Crippen molar-refractivity contribution in [1.82, 2.24) is 19.7 Å². The van der Waals surface area contributed by atoms with Gasteiger partial charge in [0.1, 0.15) is 5.39 Å². The number of aliphatic hydroxyl groups is 1. The largest absolute Gasteiger partial charge is 0.394 e. The van der Waals surface area contributed by atoms with E-state index >= 15 is 0 Å². The van der Waals surface area contributed by atoms with Crippen molar-refractivity contribution in [1.29, 1.82) is 0 Å². The molecule has 18 heavy (non-hydrogen) atoms. The maximum absolute atomic E-state index is 11.6. The Morgan fingerprint density at radius 2 is 2.44 bits per heavy atom. The smallest absolute Gasteiger partial charge is 0.263 e. The Hall–Kier alpha value is -1.93. The van der Waals surface area contributed by atoms with Crippen LogP contribution in [0.3, 0.4) is 0 Å². The minimum Gasteiger partial charge on any atom is -0.394 e. The van der Waals surface area contributed by atoms with Crippen LogP contribution in [0.2, 0.25) is 0 Å². The van der Waals surface area contributed by atoms with Gasteiger partial charge in [-0.2, -0.15) is 10.1 Å². The van der Waals surface area contributed by atoms with Crippen LogP contribution in [0.15, 0.2) is 11.0 Å². The molecule has 3 heterocycles. The zero-order valence-electron chi connectivity index (χ0n) is 9.54. The summed E-state index contributed by atoms with van der Waals surface area (Å²) in [5, 5.41) is 13.5. The third kappa shape index (κ3) is 1.66. The lowest BCUT2D eigenvalue weighted by Crippen LogP contribution is -2.17. The Morgan fingerprint density at radius 1 is 1.61 bits per heavy atom. The van der Waals surface area contributed by atoms with E-state index in [4.69, 9.17) is 15.6 Å². The maximum atomic E-state index is 11.6. The van der Waals surface area contributed by atoms with Crippen LogP contribution < -0.4 is 11.3 Å². The van der Waals surface area contributed by atoms with Gasteiger partial charge in [-0.15, -0.1) is 0 Å². The quantitative estimate of drug-likeness (QED) is 0.654. The number of hydrogen-bond acceptors (Lipinski definition) is 6. The standard InChI is InChI=1S/C10H13N5O3/c11-10-13-8-6(9(17)14-10)3-12-15(8)7-2-1-5(4-16)18-7/h3,5,7,16H,1-2,4H2,(H3,11,13,14,17). The highest BCUT2D eigenvalue weighted by atomic mass is 16.5. The van der Waals surface area contributed by atoms with Crippen LogP contribution in [0.1, 0.15) is 19.1 Å². The van der Waals surface area contributed by atoms with Crippen LogP contribution in [0, 0.1) is 0 Å². The van der Waals surface area contributed by atoms with Gasteiger partial charge in [-0.05, 0) is 12.8 Å². The van der Waals surface area contributed by atoms with E-state index in [2.05, 4.69) is 15.1 Å². The molecule has 0 amide bonds. The first-order valence-corrected chi connectivity index (χ1v) is 5.68. The molecule has 2 unspecified atom stereocenters.